The van der Waals surface area contributed by atoms with Gasteiger partial charge in [0, 0.05) is 29.9 Å². The molecular formula is C14H20ClNO2. The Morgan fingerprint density at radius 2 is 2.17 bits per heavy atom. The first-order chi connectivity index (χ1) is 8.76. The van der Waals surface area contributed by atoms with Crippen molar-refractivity contribution in [1.82, 2.24) is 0 Å². The molecular weight excluding hydrogens is 250 g/mol. The predicted molar refractivity (Wildman–Crippen MR) is 74.1 cm³/mol. The largest absolute Gasteiger partial charge is 0.396 e. The lowest BCUT2D eigenvalue weighted by Gasteiger charge is -2.27. The second-order valence-corrected chi connectivity index (χ2v) is 5.20. The molecule has 0 spiro atoms. The molecule has 0 aliphatic carbocycles. The van der Waals surface area contributed by atoms with Crippen molar-refractivity contribution in [3.8, 4) is 0 Å². The van der Waals surface area contributed by atoms with Crippen LogP contribution in [0, 0.1) is 0 Å². The molecule has 1 saturated heterocycles. The van der Waals surface area contributed by atoms with Crippen LogP contribution in [-0.2, 0) is 6.61 Å². The molecule has 2 rings (SSSR count). The summed E-state index contributed by atoms with van der Waals surface area (Å²) in [5.41, 5.74) is 1.89. The fraction of sp³-hybridized carbons (Fsp3) is 0.571. The van der Waals surface area contributed by atoms with Crippen LogP contribution < -0.4 is 4.90 Å². The van der Waals surface area contributed by atoms with E-state index < -0.39 is 0 Å². The van der Waals surface area contributed by atoms with Crippen molar-refractivity contribution in [2.45, 2.75) is 38.3 Å². The van der Waals surface area contributed by atoms with Gasteiger partial charge in [0.1, 0.15) is 0 Å². The average Bonchev–Trinajstić information content (AvgIpc) is 2.84. The maximum atomic E-state index is 9.12. The lowest BCUT2D eigenvalue weighted by Crippen LogP contribution is -2.29. The van der Waals surface area contributed by atoms with E-state index in [1.807, 2.05) is 18.2 Å². The maximum absolute atomic E-state index is 9.12. The Kier molecular flexibility index (Phi) is 4.87. The Balaban J connectivity index is 2.12. The first kappa shape index (κ1) is 13.7. The predicted octanol–water partition coefficient (Wildman–Crippen LogP) is 2.57. The van der Waals surface area contributed by atoms with Gasteiger partial charge in [-0.1, -0.05) is 17.7 Å². The van der Waals surface area contributed by atoms with E-state index in [0.29, 0.717) is 11.1 Å². The van der Waals surface area contributed by atoms with E-state index in [1.165, 1.54) is 12.8 Å². The van der Waals surface area contributed by atoms with E-state index >= 15 is 0 Å². The lowest BCUT2D eigenvalue weighted by molar-refractivity contribution is 0.279. The minimum Gasteiger partial charge on any atom is -0.396 e. The highest BCUT2D eigenvalue weighted by atomic mass is 35.5. The topological polar surface area (TPSA) is 43.7 Å². The van der Waals surface area contributed by atoms with E-state index in [9.17, 15) is 0 Å². The summed E-state index contributed by atoms with van der Waals surface area (Å²) in [6.45, 7) is 1.28. The highest BCUT2D eigenvalue weighted by molar-refractivity contribution is 6.31. The van der Waals surface area contributed by atoms with Crippen LogP contribution in [0.3, 0.4) is 0 Å². The van der Waals surface area contributed by atoms with E-state index in [0.717, 1.165) is 30.6 Å². The summed E-state index contributed by atoms with van der Waals surface area (Å²) in [7, 11) is 0. The molecule has 1 aromatic rings. The molecule has 0 saturated carbocycles. The zero-order valence-electron chi connectivity index (χ0n) is 10.5. The first-order valence-electron chi connectivity index (χ1n) is 6.53. The standard InChI is InChI=1S/C14H20ClNO2/c15-14-9-13(6-5-11(14)10-18)16-7-1-3-12(16)4-2-8-17/h5-6,9,12,17-18H,1-4,7-8,10H2. The van der Waals surface area contributed by atoms with Gasteiger partial charge in [-0.05, 0) is 43.4 Å². The van der Waals surface area contributed by atoms with Gasteiger partial charge in [-0.25, -0.2) is 0 Å². The minimum atomic E-state index is -0.0208. The number of hydrogen-bond acceptors (Lipinski definition) is 3. The highest BCUT2D eigenvalue weighted by Gasteiger charge is 2.24. The molecule has 1 aliphatic rings. The van der Waals surface area contributed by atoms with Crippen molar-refractivity contribution in [2.75, 3.05) is 18.1 Å². The molecule has 0 amide bonds. The van der Waals surface area contributed by atoms with Gasteiger partial charge in [0.15, 0.2) is 0 Å². The van der Waals surface area contributed by atoms with Crippen molar-refractivity contribution in [3.63, 3.8) is 0 Å². The molecule has 2 N–H and O–H groups in total. The van der Waals surface area contributed by atoms with Crippen molar-refractivity contribution in [2.24, 2.45) is 0 Å². The molecule has 1 heterocycles. The van der Waals surface area contributed by atoms with Crippen LogP contribution in [0.2, 0.25) is 5.02 Å². The molecule has 1 fully saturated rings. The summed E-state index contributed by atoms with van der Waals surface area (Å²) in [4.78, 5) is 2.36. The molecule has 1 aromatic carbocycles. The third kappa shape index (κ3) is 2.97. The van der Waals surface area contributed by atoms with Gasteiger partial charge < -0.3 is 15.1 Å². The lowest BCUT2D eigenvalue weighted by atomic mass is 10.1. The van der Waals surface area contributed by atoms with Crippen LogP contribution in [0.15, 0.2) is 18.2 Å². The number of halogens is 1. The van der Waals surface area contributed by atoms with E-state index in [4.69, 9.17) is 21.8 Å². The number of hydrogen-bond donors (Lipinski definition) is 2. The molecule has 4 heteroatoms. The Morgan fingerprint density at radius 3 is 2.83 bits per heavy atom. The van der Waals surface area contributed by atoms with Gasteiger partial charge in [0.25, 0.3) is 0 Å². The van der Waals surface area contributed by atoms with Gasteiger partial charge in [-0.15, -0.1) is 0 Å². The second-order valence-electron chi connectivity index (χ2n) is 4.79. The molecule has 3 nitrogen and oxygen atoms in total. The normalized spacial score (nSPS) is 19.5. The van der Waals surface area contributed by atoms with Gasteiger partial charge in [0.05, 0.1) is 6.61 Å². The van der Waals surface area contributed by atoms with Crippen LogP contribution in [0.5, 0.6) is 0 Å². The quantitative estimate of drug-likeness (QED) is 0.864. The summed E-state index contributed by atoms with van der Waals surface area (Å²) in [6, 6.07) is 6.35. The van der Waals surface area contributed by atoms with Crippen LogP contribution in [-0.4, -0.2) is 29.4 Å². The zero-order chi connectivity index (χ0) is 13.0. The van der Waals surface area contributed by atoms with Crippen molar-refractivity contribution >= 4 is 17.3 Å². The number of aliphatic hydroxyl groups is 2. The molecule has 1 unspecified atom stereocenters. The van der Waals surface area contributed by atoms with E-state index in [2.05, 4.69) is 4.90 Å². The smallest absolute Gasteiger partial charge is 0.0696 e. The highest BCUT2D eigenvalue weighted by Crippen LogP contribution is 2.31. The van der Waals surface area contributed by atoms with Crippen molar-refractivity contribution in [3.05, 3.63) is 28.8 Å². The van der Waals surface area contributed by atoms with Crippen LogP contribution in [0.25, 0.3) is 0 Å². The van der Waals surface area contributed by atoms with Gasteiger partial charge in [0.2, 0.25) is 0 Å². The zero-order valence-corrected chi connectivity index (χ0v) is 11.2. The maximum Gasteiger partial charge on any atom is 0.0696 e. The van der Waals surface area contributed by atoms with Gasteiger partial charge in [-0.3, -0.25) is 0 Å². The van der Waals surface area contributed by atoms with E-state index in [-0.39, 0.29) is 13.2 Å². The summed E-state index contributed by atoms with van der Waals surface area (Å²) in [5.74, 6) is 0. The first-order valence-corrected chi connectivity index (χ1v) is 6.91. The second kappa shape index (κ2) is 6.41. The van der Waals surface area contributed by atoms with Crippen molar-refractivity contribution in [1.29, 1.82) is 0 Å². The molecule has 0 aromatic heterocycles. The van der Waals surface area contributed by atoms with Gasteiger partial charge in [-0.2, -0.15) is 0 Å². The summed E-state index contributed by atoms with van der Waals surface area (Å²) >= 11 is 6.13. The molecule has 100 valence electrons. The fourth-order valence-electron chi connectivity index (χ4n) is 2.65. The number of nitrogens with zero attached hydrogens (tertiary/aromatic N) is 1. The third-order valence-corrected chi connectivity index (χ3v) is 3.96. The SMILES string of the molecule is OCCCC1CCCN1c1ccc(CO)c(Cl)c1. The molecule has 0 bridgehead atoms. The molecule has 0 radical (unpaired) electrons. The molecule has 1 atom stereocenters. The Hall–Kier alpha value is -0.770. The third-order valence-electron chi connectivity index (χ3n) is 3.61. The number of benzene rings is 1. The molecule has 18 heavy (non-hydrogen) atoms. The Morgan fingerprint density at radius 1 is 1.33 bits per heavy atom. The Labute approximate surface area is 113 Å². The summed E-state index contributed by atoms with van der Waals surface area (Å²) < 4.78 is 0. The van der Waals surface area contributed by atoms with Crippen LogP contribution in [0.4, 0.5) is 5.69 Å². The fourth-order valence-corrected chi connectivity index (χ4v) is 2.88. The monoisotopic (exact) mass is 269 g/mol. The average molecular weight is 270 g/mol. The number of anilines is 1. The van der Waals surface area contributed by atoms with Crippen LogP contribution in [0.1, 0.15) is 31.2 Å². The van der Waals surface area contributed by atoms with Gasteiger partial charge >= 0.3 is 0 Å². The minimum absolute atomic E-state index is 0.0208. The summed E-state index contributed by atoms with van der Waals surface area (Å²) in [6.07, 6.45) is 4.24. The van der Waals surface area contributed by atoms with Crippen LogP contribution >= 0.6 is 11.6 Å². The Bertz CT molecular complexity index is 397. The van der Waals surface area contributed by atoms with Crippen molar-refractivity contribution < 1.29 is 10.2 Å². The number of rotatable bonds is 5. The van der Waals surface area contributed by atoms with E-state index in [1.54, 1.807) is 0 Å². The molecule has 1 aliphatic heterocycles. The summed E-state index contributed by atoms with van der Waals surface area (Å²) in [5, 5.41) is 18.7. The number of aliphatic hydroxyl groups excluding tert-OH is 2.